The summed E-state index contributed by atoms with van der Waals surface area (Å²) in [6.07, 6.45) is 2.51. The van der Waals surface area contributed by atoms with Gasteiger partial charge in [-0.15, -0.1) is 0 Å². The van der Waals surface area contributed by atoms with Gasteiger partial charge in [0.1, 0.15) is 13.2 Å². The normalized spacial score (nSPS) is 15.8. The Hall–Kier alpha value is -1.36. The molecule has 0 saturated carbocycles. The Morgan fingerprint density at radius 1 is 1.28 bits per heavy atom. The minimum absolute atomic E-state index is 0.103. The molecule has 102 valence electrons. The van der Waals surface area contributed by atoms with Crippen LogP contribution in [0, 0.1) is 5.41 Å². The molecule has 1 N–H and O–H groups in total. The van der Waals surface area contributed by atoms with Gasteiger partial charge in [0.15, 0.2) is 0 Å². The second-order valence-corrected chi connectivity index (χ2v) is 5.21. The maximum atomic E-state index is 11.6. The fraction of sp³-hybridized carbons (Fsp3) is 0.692. The van der Waals surface area contributed by atoms with Gasteiger partial charge < -0.3 is 14.8 Å². The molecule has 1 rings (SSSR count). The van der Waals surface area contributed by atoms with Crippen LogP contribution in [0.3, 0.4) is 0 Å². The number of hydrogen-bond donors (Lipinski definition) is 1. The molecule has 0 aromatic rings. The summed E-state index contributed by atoms with van der Waals surface area (Å²) < 4.78 is 10.0. The average Bonchev–Trinajstić information content (AvgIpc) is 2.34. The minimum atomic E-state index is -0.526. The van der Waals surface area contributed by atoms with Crippen LogP contribution >= 0.6 is 0 Å². The molecule has 5 heteroatoms. The van der Waals surface area contributed by atoms with Crippen molar-refractivity contribution in [2.24, 2.45) is 5.41 Å². The Kier molecular flexibility index (Phi) is 5.34. The summed E-state index contributed by atoms with van der Waals surface area (Å²) in [5, 5.41) is 3.11. The first kappa shape index (κ1) is 14.7. The molecule has 0 saturated heterocycles. The van der Waals surface area contributed by atoms with E-state index in [9.17, 15) is 9.59 Å². The lowest BCUT2D eigenvalue weighted by Gasteiger charge is -2.17. The highest BCUT2D eigenvalue weighted by Crippen LogP contribution is 2.14. The predicted octanol–water partition coefficient (Wildman–Crippen LogP) is 1.04. The number of ether oxygens (including phenoxy) is 2. The van der Waals surface area contributed by atoms with Crippen LogP contribution in [0.1, 0.15) is 27.2 Å². The molecule has 1 aliphatic heterocycles. The van der Waals surface area contributed by atoms with E-state index in [0.717, 1.165) is 6.54 Å². The summed E-state index contributed by atoms with van der Waals surface area (Å²) in [5.41, 5.74) is 0.164. The minimum Gasteiger partial charge on any atom is -0.462 e. The van der Waals surface area contributed by atoms with Crippen molar-refractivity contribution in [3.8, 4) is 0 Å². The third-order valence-corrected chi connectivity index (χ3v) is 2.49. The molecule has 0 radical (unpaired) electrons. The lowest BCUT2D eigenvalue weighted by Crippen LogP contribution is -2.26. The highest BCUT2D eigenvalue weighted by Gasteiger charge is 2.23. The van der Waals surface area contributed by atoms with E-state index < -0.39 is 5.41 Å². The van der Waals surface area contributed by atoms with Gasteiger partial charge in [0.2, 0.25) is 0 Å². The molecule has 0 atom stereocenters. The van der Waals surface area contributed by atoms with Crippen LogP contribution in [0.2, 0.25) is 0 Å². The summed E-state index contributed by atoms with van der Waals surface area (Å²) in [4.78, 5) is 23.0. The van der Waals surface area contributed by atoms with Crippen molar-refractivity contribution in [2.75, 3.05) is 26.3 Å². The van der Waals surface area contributed by atoms with Crippen molar-refractivity contribution in [3.63, 3.8) is 0 Å². The molecular weight excluding hydrogens is 234 g/mol. The molecule has 0 unspecified atom stereocenters. The van der Waals surface area contributed by atoms with E-state index in [1.165, 1.54) is 0 Å². The Balaban J connectivity index is 2.20. The highest BCUT2D eigenvalue weighted by atomic mass is 16.6. The van der Waals surface area contributed by atoms with Gasteiger partial charge >= 0.3 is 11.9 Å². The van der Waals surface area contributed by atoms with E-state index in [1.807, 2.05) is 6.08 Å². The molecule has 1 aliphatic rings. The molecule has 0 aromatic carbocycles. The van der Waals surface area contributed by atoms with E-state index in [-0.39, 0.29) is 25.2 Å². The van der Waals surface area contributed by atoms with Crippen LogP contribution in [0.25, 0.3) is 0 Å². The van der Waals surface area contributed by atoms with Crippen LogP contribution in [-0.4, -0.2) is 38.2 Å². The quantitative estimate of drug-likeness (QED) is 0.600. The van der Waals surface area contributed by atoms with Crippen LogP contribution < -0.4 is 5.32 Å². The molecule has 5 nitrogen and oxygen atoms in total. The summed E-state index contributed by atoms with van der Waals surface area (Å²) in [7, 11) is 0. The molecule has 0 bridgehead atoms. The van der Waals surface area contributed by atoms with Gasteiger partial charge in [-0.1, -0.05) is 6.08 Å². The molecule has 0 amide bonds. The van der Waals surface area contributed by atoms with Gasteiger partial charge in [-0.3, -0.25) is 4.79 Å². The van der Waals surface area contributed by atoms with E-state index in [2.05, 4.69) is 5.32 Å². The molecule has 0 spiro atoms. The maximum absolute atomic E-state index is 11.6. The number of carbonyl (C=O) groups excluding carboxylic acids is 2. The van der Waals surface area contributed by atoms with Gasteiger partial charge in [-0.25, -0.2) is 4.79 Å². The standard InChI is InChI=1S/C13H21NO4/c1-13(2,3)12(16)18-9-8-17-11(15)10-4-6-14-7-5-10/h4,14H,5-9H2,1-3H3. The van der Waals surface area contributed by atoms with E-state index >= 15 is 0 Å². The average molecular weight is 255 g/mol. The van der Waals surface area contributed by atoms with Gasteiger partial charge in [-0.05, 0) is 33.7 Å². The zero-order chi connectivity index (χ0) is 13.6. The van der Waals surface area contributed by atoms with Crippen molar-refractivity contribution in [1.29, 1.82) is 0 Å². The van der Waals surface area contributed by atoms with Gasteiger partial charge in [0, 0.05) is 12.1 Å². The monoisotopic (exact) mass is 255 g/mol. The number of esters is 2. The smallest absolute Gasteiger partial charge is 0.333 e. The zero-order valence-corrected chi connectivity index (χ0v) is 11.2. The van der Waals surface area contributed by atoms with Gasteiger partial charge in [0.25, 0.3) is 0 Å². The molecule has 18 heavy (non-hydrogen) atoms. The van der Waals surface area contributed by atoms with Crippen LogP contribution in [0.5, 0.6) is 0 Å². The fourth-order valence-corrected chi connectivity index (χ4v) is 1.39. The molecule has 0 fully saturated rings. The lowest BCUT2D eigenvalue weighted by atomic mass is 9.97. The molecular formula is C13H21NO4. The summed E-state index contributed by atoms with van der Waals surface area (Å²) in [5.74, 6) is -0.608. The predicted molar refractivity (Wildman–Crippen MR) is 66.9 cm³/mol. The highest BCUT2D eigenvalue weighted by molar-refractivity contribution is 5.88. The van der Waals surface area contributed by atoms with Crippen LogP contribution in [0.15, 0.2) is 11.6 Å². The molecule has 0 aromatic heterocycles. The van der Waals surface area contributed by atoms with Crippen LogP contribution in [0.4, 0.5) is 0 Å². The molecule has 1 heterocycles. The SMILES string of the molecule is CC(C)(C)C(=O)OCCOC(=O)C1=CCNCC1. The van der Waals surface area contributed by atoms with Crippen molar-refractivity contribution in [3.05, 3.63) is 11.6 Å². The van der Waals surface area contributed by atoms with Crippen molar-refractivity contribution < 1.29 is 19.1 Å². The second-order valence-electron chi connectivity index (χ2n) is 5.21. The molecule has 0 aliphatic carbocycles. The summed E-state index contributed by atoms with van der Waals surface area (Å²) >= 11 is 0. The largest absolute Gasteiger partial charge is 0.462 e. The van der Waals surface area contributed by atoms with E-state index in [1.54, 1.807) is 20.8 Å². The maximum Gasteiger partial charge on any atom is 0.333 e. The third-order valence-electron chi connectivity index (χ3n) is 2.49. The van der Waals surface area contributed by atoms with Crippen molar-refractivity contribution >= 4 is 11.9 Å². The van der Waals surface area contributed by atoms with Gasteiger partial charge in [0.05, 0.1) is 5.41 Å². The topological polar surface area (TPSA) is 64.6 Å². The fourth-order valence-electron chi connectivity index (χ4n) is 1.39. The summed E-state index contributed by atoms with van der Waals surface area (Å²) in [6.45, 7) is 7.03. The first-order valence-electron chi connectivity index (χ1n) is 6.15. The number of rotatable bonds is 4. The first-order chi connectivity index (χ1) is 8.41. The number of carbonyl (C=O) groups is 2. The second kappa shape index (κ2) is 6.54. The Morgan fingerprint density at radius 2 is 1.94 bits per heavy atom. The number of nitrogens with one attached hydrogen (secondary N) is 1. The zero-order valence-electron chi connectivity index (χ0n) is 11.2. The van der Waals surface area contributed by atoms with E-state index in [4.69, 9.17) is 9.47 Å². The Morgan fingerprint density at radius 3 is 2.50 bits per heavy atom. The summed E-state index contributed by atoms with van der Waals surface area (Å²) in [6, 6.07) is 0. The Labute approximate surface area is 108 Å². The van der Waals surface area contributed by atoms with Gasteiger partial charge in [-0.2, -0.15) is 0 Å². The first-order valence-corrected chi connectivity index (χ1v) is 6.15. The Bertz CT molecular complexity index is 341. The lowest BCUT2D eigenvalue weighted by molar-refractivity contribution is -0.157. The number of hydrogen-bond acceptors (Lipinski definition) is 5. The van der Waals surface area contributed by atoms with Crippen molar-refractivity contribution in [1.82, 2.24) is 5.32 Å². The third kappa shape index (κ3) is 4.87. The van der Waals surface area contributed by atoms with Crippen LogP contribution in [-0.2, 0) is 19.1 Å². The van der Waals surface area contributed by atoms with Crippen molar-refractivity contribution in [2.45, 2.75) is 27.2 Å². The van der Waals surface area contributed by atoms with E-state index in [0.29, 0.717) is 18.5 Å².